The molecule has 0 atom stereocenters. The Morgan fingerprint density at radius 1 is 1.56 bits per heavy atom. The molecule has 0 fully saturated rings. The van der Waals surface area contributed by atoms with Gasteiger partial charge in [0, 0.05) is 6.21 Å². The summed E-state index contributed by atoms with van der Waals surface area (Å²) in [5.74, 6) is -0.331. The van der Waals surface area contributed by atoms with Crippen LogP contribution in [0.5, 0.6) is 5.88 Å². The van der Waals surface area contributed by atoms with Crippen molar-refractivity contribution < 1.29 is 5.11 Å². The molecule has 7 nitrogen and oxygen atoms in total. The van der Waals surface area contributed by atoms with Gasteiger partial charge in [-0.05, 0) is 12.2 Å². The summed E-state index contributed by atoms with van der Waals surface area (Å²) in [6, 6.07) is 0. The van der Waals surface area contributed by atoms with Crippen molar-refractivity contribution >= 4 is 34.9 Å². The maximum atomic E-state index is 11.4. The lowest BCUT2D eigenvalue weighted by molar-refractivity contribution is 0.449. The summed E-state index contributed by atoms with van der Waals surface area (Å²) >= 11 is 5.89. The van der Waals surface area contributed by atoms with E-state index < -0.39 is 5.56 Å². The van der Waals surface area contributed by atoms with Crippen LogP contribution in [-0.2, 0) is 0 Å². The second-order valence-corrected chi connectivity index (χ2v) is 3.87. The first-order chi connectivity index (χ1) is 7.66. The molecule has 16 heavy (non-hydrogen) atoms. The van der Waals surface area contributed by atoms with Gasteiger partial charge in [-0.15, -0.1) is 10.2 Å². The lowest BCUT2D eigenvalue weighted by atomic mass is 10.3. The molecule has 0 radical (unpaired) electrons. The molecular formula is C7H5N5O2S2. The predicted octanol–water partition coefficient (Wildman–Crippen LogP) is 0.740. The van der Waals surface area contributed by atoms with Crippen molar-refractivity contribution in [3.63, 3.8) is 0 Å². The number of hydrogen-bond acceptors (Lipinski definition) is 7. The Kier molecular flexibility index (Phi) is 2.88. The molecule has 0 bridgehead atoms. The number of aromatic hydroxyl groups is 1. The van der Waals surface area contributed by atoms with E-state index in [1.54, 1.807) is 0 Å². The van der Waals surface area contributed by atoms with Gasteiger partial charge in [-0.25, -0.2) is 4.99 Å². The van der Waals surface area contributed by atoms with Crippen molar-refractivity contribution in [3.05, 3.63) is 26.2 Å². The minimum Gasteiger partial charge on any atom is -0.494 e. The molecule has 3 N–H and O–H groups in total. The molecule has 82 valence electrons. The molecule has 0 saturated heterocycles. The SMILES string of the molecule is O=c1[nH]c(=S)[nH]c(O)c1C=Nc1nncs1. The standard InChI is InChI=1S/C7H5N5O2S2/c13-4-3(5(14)11-6(15)10-4)1-8-7-12-9-2-16-7/h1-2H,(H3,10,11,13,14,15). The average molecular weight is 255 g/mol. The van der Waals surface area contributed by atoms with E-state index in [2.05, 4.69) is 37.4 Å². The number of aromatic nitrogens is 4. The first-order valence-electron chi connectivity index (χ1n) is 4.02. The molecule has 0 saturated carbocycles. The van der Waals surface area contributed by atoms with Crippen molar-refractivity contribution in [2.75, 3.05) is 0 Å². The molecule has 0 aliphatic rings. The van der Waals surface area contributed by atoms with Gasteiger partial charge in [0.25, 0.3) is 5.56 Å². The van der Waals surface area contributed by atoms with Gasteiger partial charge in [-0.2, -0.15) is 0 Å². The van der Waals surface area contributed by atoms with Crippen LogP contribution >= 0.6 is 23.6 Å². The Bertz CT molecular complexity index is 627. The topological polar surface area (TPSA) is 107 Å². The molecule has 0 aliphatic heterocycles. The zero-order valence-corrected chi connectivity index (χ0v) is 9.30. The van der Waals surface area contributed by atoms with Crippen LogP contribution in [0.25, 0.3) is 0 Å². The van der Waals surface area contributed by atoms with Crippen molar-refractivity contribution in [3.8, 4) is 5.88 Å². The van der Waals surface area contributed by atoms with E-state index in [-0.39, 0.29) is 16.2 Å². The maximum absolute atomic E-state index is 11.4. The Morgan fingerprint density at radius 3 is 3.00 bits per heavy atom. The van der Waals surface area contributed by atoms with E-state index in [0.29, 0.717) is 5.13 Å². The Labute approximate surface area is 97.6 Å². The zero-order valence-electron chi connectivity index (χ0n) is 7.67. The summed E-state index contributed by atoms with van der Waals surface area (Å²) in [6.07, 6.45) is 1.19. The third-order valence-corrected chi connectivity index (χ3v) is 2.41. The number of aliphatic imine (C=N–C) groups is 1. The second kappa shape index (κ2) is 4.33. The van der Waals surface area contributed by atoms with Crippen LogP contribution in [0.15, 0.2) is 15.3 Å². The number of nitrogens with zero attached hydrogens (tertiary/aromatic N) is 3. The third kappa shape index (κ3) is 2.20. The first-order valence-corrected chi connectivity index (χ1v) is 5.31. The second-order valence-electron chi connectivity index (χ2n) is 2.65. The van der Waals surface area contributed by atoms with E-state index in [1.165, 1.54) is 23.1 Å². The quantitative estimate of drug-likeness (QED) is 0.542. The first kappa shape index (κ1) is 10.6. The zero-order chi connectivity index (χ0) is 11.5. The normalized spacial score (nSPS) is 11.0. The van der Waals surface area contributed by atoms with Gasteiger partial charge in [0.2, 0.25) is 11.0 Å². The van der Waals surface area contributed by atoms with Crippen molar-refractivity contribution in [1.29, 1.82) is 0 Å². The van der Waals surface area contributed by atoms with Gasteiger partial charge in [0.05, 0.1) is 0 Å². The fraction of sp³-hybridized carbons (Fsp3) is 0. The van der Waals surface area contributed by atoms with Crippen LogP contribution in [-0.4, -0.2) is 31.5 Å². The lowest BCUT2D eigenvalue weighted by Crippen LogP contribution is -2.13. The number of rotatable bonds is 2. The summed E-state index contributed by atoms with van der Waals surface area (Å²) in [5.41, 5.74) is 0.980. The molecule has 9 heteroatoms. The summed E-state index contributed by atoms with van der Waals surface area (Å²) in [4.78, 5) is 20.0. The van der Waals surface area contributed by atoms with E-state index >= 15 is 0 Å². The molecule has 0 spiro atoms. The highest BCUT2D eigenvalue weighted by Crippen LogP contribution is 2.13. The van der Waals surface area contributed by atoms with Crippen LogP contribution in [0, 0.1) is 4.77 Å². The van der Waals surface area contributed by atoms with Gasteiger partial charge < -0.3 is 10.1 Å². The minimum absolute atomic E-state index is 0.0104. The van der Waals surface area contributed by atoms with Crippen LogP contribution in [0.4, 0.5) is 5.13 Å². The maximum Gasteiger partial charge on any atom is 0.264 e. The Morgan fingerprint density at radius 2 is 2.38 bits per heavy atom. The largest absolute Gasteiger partial charge is 0.494 e. The molecule has 2 rings (SSSR count). The molecule has 0 amide bonds. The Hall–Kier alpha value is -1.87. The van der Waals surface area contributed by atoms with Gasteiger partial charge in [0.15, 0.2) is 4.77 Å². The highest BCUT2D eigenvalue weighted by Gasteiger charge is 2.04. The summed E-state index contributed by atoms with van der Waals surface area (Å²) in [6.45, 7) is 0. The van der Waals surface area contributed by atoms with Crippen molar-refractivity contribution in [1.82, 2.24) is 20.2 Å². The molecule has 0 aromatic carbocycles. The molecule has 0 unspecified atom stereocenters. The predicted molar refractivity (Wildman–Crippen MR) is 61.1 cm³/mol. The molecular weight excluding hydrogens is 250 g/mol. The van der Waals surface area contributed by atoms with Gasteiger partial charge in [-0.1, -0.05) is 11.3 Å². The van der Waals surface area contributed by atoms with Gasteiger partial charge in [0.1, 0.15) is 11.1 Å². The summed E-state index contributed by atoms with van der Waals surface area (Å²) in [5, 5.41) is 17.1. The third-order valence-electron chi connectivity index (χ3n) is 1.61. The highest BCUT2D eigenvalue weighted by molar-refractivity contribution is 7.71. The van der Waals surface area contributed by atoms with E-state index in [0.717, 1.165) is 0 Å². The van der Waals surface area contributed by atoms with Crippen LogP contribution in [0.2, 0.25) is 0 Å². The van der Waals surface area contributed by atoms with Gasteiger partial charge in [-0.3, -0.25) is 9.78 Å². The van der Waals surface area contributed by atoms with Crippen LogP contribution in [0.1, 0.15) is 5.56 Å². The van der Waals surface area contributed by atoms with Crippen LogP contribution in [0.3, 0.4) is 0 Å². The van der Waals surface area contributed by atoms with E-state index in [9.17, 15) is 9.90 Å². The molecule has 2 heterocycles. The van der Waals surface area contributed by atoms with E-state index in [1.807, 2.05) is 0 Å². The average Bonchev–Trinajstić information content (AvgIpc) is 2.68. The molecule has 2 aromatic heterocycles. The number of nitrogens with one attached hydrogen (secondary N) is 2. The number of aromatic amines is 2. The molecule has 2 aromatic rings. The number of hydrogen-bond donors (Lipinski definition) is 3. The Balaban J connectivity index is 2.43. The number of H-pyrrole nitrogens is 2. The van der Waals surface area contributed by atoms with Gasteiger partial charge >= 0.3 is 0 Å². The van der Waals surface area contributed by atoms with E-state index in [4.69, 9.17) is 0 Å². The smallest absolute Gasteiger partial charge is 0.264 e. The van der Waals surface area contributed by atoms with Crippen molar-refractivity contribution in [2.45, 2.75) is 0 Å². The highest BCUT2D eigenvalue weighted by atomic mass is 32.1. The van der Waals surface area contributed by atoms with Crippen LogP contribution < -0.4 is 5.56 Å². The molecule has 0 aliphatic carbocycles. The monoisotopic (exact) mass is 255 g/mol. The fourth-order valence-electron chi connectivity index (χ4n) is 0.947. The minimum atomic E-state index is -0.519. The summed E-state index contributed by atoms with van der Waals surface area (Å²) < 4.78 is 0.0514. The lowest BCUT2D eigenvalue weighted by Gasteiger charge is -1.95. The van der Waals surface area contributed by atoms with Crippen molar-refractivity contribution in [2.24, 2.45) is 4.99 Å². The summed E-state index contributed by atoms with van der Waals surface area (Å²) in [7, 11) is 0. The fourth-order valence-corrected chi connectivity index (χ4v) is 1.53.